The Morgan fingerprint density at radius 3 is 1.43 bits per heavy atom. The Hall–Kier alpha value is -4.32. The number of rotatable bonds is 6. The monoisotopic (exact) mass is 464 g/mol. The topological polar surface area (TPSA) is 78.4 Å². The molecule has 6 nitrogen and oxygen atoms in total. The van der Waals surface area contributed by atoms with Crippen LogP contribution in [0.25, 0.3) is 0 Å². The van der Waals surface area contributed by atoms with Gasteiger partial charge in [-0.25, -0.2) is 9.59 Å². The summed E-state index contributed by atoms with van der Waals surface area (Å²) in [5, 5.41) is 0. The zero-order valence-electron chi connectivity index (χ0n) is 19.1. The molecule has 1 fully saturated rings. The van der Waals surface area contributed by atoms with Crippen molar-refractivity contribution in [3.8, 4) is 11.5 Å². The van der Waals surface area contributed by atoms with Gasteiger partial charge < -0.3 is 9.47 Å². The van der Waals surface area contributed by atoms with Crippen LogP contribution < -0.4 is 9.47 Å². The second-order valence-corrected chi connectivity index (χ2v) is 8.60. The fraction of sp³-hybridized carbons (Fsp3) is 0.172. The predicted molar refractivity (Wildman–Crippen MR) is 131 cm³/mol. The molecule has 2 aromatic carbocycles. The molecule has 0 bridgehead atoms. The smallest absolute Gasteiger partial charge is 0.345 e. The maximum Gasteiger partial charge on any atom is 0.345 e. The molecule has 1 saturated carbocycles. The zero-order valence-corrected chi connectivity index (χ0v) is 19.1. The third-order valence-corrected chi connectivity index (χ3v) is 6.49. The number of ether oxygens (including phenoxy) is 2. The van der Waals surface area contributed by atoms with Gasteiger partial charge in [0.2, 0.25) is 0 Å². The molecule has 0 amide bonds. The Morgan fingerprint density at radius 2 is 1.06 bits per heavy atom. The molecule has 1 aliphatic carbocycles. The van der Waals surface area contributed by atoms with E-state index in [9.17, 15) is 9.59 Å². The lowest BCUT2D eigenvalue weighted by Crippen LogP contribution is -2.23. The van der Waals surface area contributed by atoms with E-state index in [2.05, 4.69) is 9.97 Å². The second-order valence-electron chi connectivity index (χ2n) is 8.60. The van der Waals surface area contributed by atoms with Crippen LogP contribution in [0.5, 0.6) is 11.5 Å². The largest absolute Gasteiger partial charge is 0.423 e. The average molecular weight is 465 g/mol. The summed E-state index contributed by atoms with van der Waals surface area (Å²) in [6, 6.07) is 22.3. The predicted octanol–water partition coefficient (Wildman–Crippen LogP) is 5.78. The van der Waals surface area contributed by atoms with Crippen molar-refractivity contribution in [1.82, 2.24) is 9.97 Å². The third kappa shape index (κ3) is 4.82. The maximum absolute atomic E-state index is 12.3. The van der Waals surface area contributed by atoms with Crippen LogP contribution in [0.1, 0.15) is 57.5 Å². The van der Waals surface area contributed by atoms with E-state index in [0.717, 1.165) is 25.7 Å². The van der Waals surface area contributed by atoms with Crippen molar-refractivity contribution < 1.29 is 19.1 Å². The van der Waals surface area contributed by atoms with E-state index in [1.54, 1.807) is 36.7 Å². The molecule has 4 aromatic rings. The lowest BCUT2D eigenvalue weighted by Gasteiger charge is -2.30. The molecule has 0 spiro atoms. The lowest BCUT2D eigenvalue weighted by molar-refractivity contribution is 0.0724. The van der Waals surface area contributed by atoms with Crippen molar-refractivity contribution in [2.75, 3.05) is 0 Å². The van der Waals surface area contributed by atoms with Gasteiger partial charge in [-0.05, 0) is 72.5 Å². The van der Waals surface area contributed by atoms with Gasteiger partial charge in [-0.1, -0.05) is 37.1 Å². The maximum atomic E-state index is 12.3. The second kappa shape index (κ2) is 9.89. The average Bonchev–Trinajstić information content (AvgIpc) is 3.42. The van der Waals surface area contributed by atoms with E-state index in [-0.39, 0.29) is 5.41 Å². The van der Waals surface area contributed by atoms with Gasteiger partial charge in [-0.2, -0.15) is 0 Å². The number of pyridine rings is 2. The normalized spacial score (nSPS) is 14.3. The first-order chi connectivity index (χ1) is 17.1. The van der Waals surface area contributed by atoms with Gasteiger partial charge in [-0.3, -0.25) is 9.97 Å². The quantitative estimate of drug-likeness (QED) is 0.266. The van der Waals surface area contributed by atoms with Crippen molar-refractivity contribution in [1.29, 1.82) is 0 Å². The van der Waals surface area contributed by atoms with Gasteiger partial charge in [0.1, 0.15) is 11.5 Å². The molecule has 2 aromatic heterocycles. The number of esters is 2. The van der Waals surface area contributed by atoms with Gasteiger partial charge in [0, 0.05) is 30.2 Å². The first kappa shape index (κ1) is 22.5. The molecule has 0 radical (unpaired) electrons. The Bertz CT molecular complexity index is 1200. The minimum atomic E-state index is -0.433. The van der Waals surface area contributed by atoms with E-state index in [1.807, 2.05) is 48.5 Å². The summed E-state index contributed by atoms with van der Waals surface area (Å²) >= 11 is 0. The molecule has 0 N–H and O–H groups in total. The number of hydrogen-bond donors (Lipinski definition) is 0. The van der Waals surface area contributed by atoms with Crippen LogP contribution in [0.3, 0.4) is 0 Å². The highest BCUT2D eigenvalue weighted by atomic mass is 16.5. The Balaban J connectivity index is 1.33. The lowest BCUT2D eigenvalue weighted by atomic mass is 9.73. The summed E-state index contributed by atoms with van der Waals surface area (Å²) in [7, 11) is 0. The molecule has 6 heteroatoms. The number of carbonyl (C=O) groups is 2. The van der Waals surface area contributed by atoms with Gasteiger partial charge in [0.15, 0.2) is 0 Å². The summed E-state index contributed by atoms with van der Waals surface area (Å²) in [6.07, 6.45) is 10.5. The SMILES string of the molecule is O=C(Oc1ccc(C2(c3ccc(OC(=O)c4cccnc4)cc3)CCCC2)cc1)c1cccnc1. The summed E-state index contributed by atoms with van der Waals surface area (Å²) in [5.74, 6) is 0.123. The molecule has 1 aliphatic rings. The summed E-state index contributed by atoms with van der Waals surface area (Å²) in [6.45, 7) is 0. The van der Waals surface area contributed by atoms with Crippen LogP contribution in [-0.4, -0.2) is 21.9 Å². The first-order valence-corrected chi connectivity index (χ1v) is 11.6. The summed E-state index contributed by atoms with van der Waals surface area (Å²) in [5.41, 5.74) is 3.05. The van der Waals surface area contributed by atoms with Crippen molar-refractivity contribution in [2.24, 2.45) is 0 Å². The minimum absolute atomic E-state index is 0.127. The standard InChI is InChI=1S/C29H24N2O4/c32-27(21-5-3-17-30-19-21)34-25-11-7-23(8-12-25)29(15-1-2-16-29)24-9-13-26(14-10-24)35-28(33)22-6-4-18-31-20-22/h3-14,17-20H,1-2,15-16H2. The molecule has 35 heavy (non-hydrogen) atoms. The highest BCUT2D eigenvalue weighted by molar-refractivity contribution is 5.91. The van der Waals surface area contributed by atoms with Gasteiger partial charge in [-0.15, -0.1) is 0 Å². The highest BCUT2D eigenvalue weighted by Crippen LogP contribution is 2.47. The third-order valence-electron chi connectivity index (χ3n) is 6.49. The van der Waals surface area contributed by atoms with Crippen molar-refractivity contribution in [3.63, 3.8) is 0 Å². The van der Waals surface area contributed by atoms with Crippen LogP contribution in [0.2, 0.25) is 0 Å². The molecule has 0 saturated heterocycles. The molecule has 5 rings (SSSR count). The minimum Gasteiger partial charge on any atom is -0.423 e. The van der Waals surface area contributed by atoms with E-state index >= 15 is 0 Å². The number of hydrogen-bond acceptors (Lipinski definition) is 6. The molecular formula is C29H24N2O4. The molecule has 2 heterocycles. The van der Waals surface area contributed by atoms with Crippen molar-refractivity contribution >= 4 is 11.9 Å². The molecule has 0 aliphatic heterocycles. The number of aromatic nitrogens is 2. The van der Waals surface area contributed by atoms with Crippen LogP contribution >= 0.6 is 0 Å². The molecule has 174 valence electrons. The van der Waals surface area contributed by atoms with Crippen LogP contribution in [0.4, 0.5) is 0 Å². The first-order valence-electron chi connectivity index (χ1n) is 11.6. The van der Waals surface area contributed by atoms with Crippen molar-refractivity contribution in [2.45, 2.75) is 31.1 Å². The van der Waals surface area contributed by atoms with Gasteiger partial charge in [0.05, 0.1) is 11.1 Å². The number of benzene rings is 2. The highest BCUT2D eigenvalue weighted by Gasteiger charge is 2.37. The fourth-order valence-corrected chi connectivity index (χ4v) is 4.71. The van der Waals surface area contributed by atoms with E-state index in [4.69, 9.17) is 9.47 Å². The molecular weight excluding hydrogens is 440 g/mol. The van der Waals surface area contributed by atoms with E-state index < -0.39 is 11.9 Å². The van der Waals surface area contributed by atoms with E-state index in [1.165, 1.54) is 23.5 Å². The van der Waals surface area contributed by atoms with Crippen LogP contribution in [0, 0.1) is 0 Å². The van der Waals surface area contributed by atoms with Crippen LogP contribution in [-0.2, 0) is 5.41 Å². The van der Waals surface area contributed by atoms with E-state index in [0.29, 0.717) is 22.6 Å². The Kier molecular flexibility index (Phi) is 6.35. The Morgan fingerprint density at radius 1 is 0.629 bits per heavy atom. The molecule has 0 atom stereocenters. The molecule has 0 unspecified atom stereocenters. The van der Waals surface area contributed by atoms with Crippen molar-refractivity contribution in [3.05, 3.63) is 120 Å². The van der Waals surface area contributed by atoms with Gasteiger partial charge in [0.25, 0.3) is 0 Å². The number of nitrogens with zero attached hydrogens (tertiary/aromatic N) is 2. The number of carbonyl (C=O) groups excluding carboxylic acids is 2. The fourth-order valence-electron chi connectivity index (χ4n) is 4.71. The zero-order chi connectivity index (χ0) is 24.1. The van der Waals surface area contributed by atoms with Gasteiger partial charge >= 0.3 is 11.9 Å². The van der Waals surface area contributed by atoms with Crippen LogP contribution in [0.15, 0.2) is 97.6 Å². The summed E-state index contributed by atoms with van der Waals surface area (Å²) < 4.78 is 11.0. The summed E-state index contributed by atoms with van der Waals surface area (Å²) in [4.78, 5) is 32.6. The Labute approximate surface area is 203 Å².